The zero-order valence-electron chi connectivity index (χ0n) is 12.9. The first-order chi connectivity index (χ1) is 11.8. The number of benzene rings is 1. The van der Waals surface area contributed by atoms with E-state index in [0.717, 1.165) is 11.5 Å². The third kappa shape index (κ3) is 2.83. The van der Waals surface area contributed by atoms with E-state index in [-0.39, 0.29) is 11.8 Å². The maximum atomic E-state index is 12.2. The Morgan fingerprint density at radius 2 is 1.88 bits per heavy atom. The summed E-state index contributed by atoms with van der Waals surface area (Å²) in [5.74, 6) is 1.52. The lowest BCUT2D eigenvalue weighted by atomic mass is 9.99. The zero-order chi connectivity index (χ0) is 16.4. The van der Waals surface area contributed by atoms with Gasteiger partial charge in [-0.15, -0.1) is 0 Å². The van der Waals surface area contributed by atoms with Crippen molar-refractivity contribution in [2.24, 2.45) is 5.92 Å². The number of nitrogens with one attached hydrogen (secondary N) is 1. The van der Waals surface area contributed by atoms with Gasteiger partial charge in [0.15, 0.2) is 5.82 Å². The molecule has 1 N–H and O–H groups in total. The van der Waals surface area contributed by atoms with E-state index < -0.39 is 0 Å². The molecule has 0 bridgehead atoms. The maximum absolute atomic E-state index is 12.2. The monoisotopic (exact) mass is 320 g/mol. The van der Waals surface area contributed by atoms with Gasteiger partial charge < -0.3 is 10.2 Å². The highest BCUT2D eigenvalue weighted by atomic mass is 16.2. The van der Waals surface area contributed by atoms with Crippen LogP contribution < -0.4 is 10.2 Å². The number of amides is 1. The molecule has 1 aliphatic rings. The molecule has 0 spiro atoms. The van der Waals surface area contributed by atoms with Crippen molar-refractivity contribution in [2.75, 3.05) is 23.3 Å². The van der Waals surface area contributed by atoms with Gasteiger partial charge in [-0.1, -0.05) is 18.2 Å². The molecule has 1 fully saturated rings. The van der Waals surface area contributed by atoms with Crippen molar-refractivity contribution in [3.63, 3.8) is 0 Å². The van der Waals surface area contributed by atoms with E-state index in [0.29, 0.717) is 18.9 Å². The van der Waals surface area contributed by atoms with Crippen LogP contribution >= 0.6 is 0 Å². The number of aromatic nitrogens is 4. The van der Waals surface area contributed by atoms with E-state index in [1.165, 1.54) is 6.33 Å². The minimum Gasteiger partial charge on any atom is -0.355 e. The van der Waals surface area contributed by atoms with Crippen LogP contribution in [0.15, 0.2) is 61.2 Å². The van der Waals surface area contributed by atoms with Gasteiger partial charge in [0.2, 0.25) is 5.91 Å². The van der Waals surface area contributed by atoms with Gasteiger partial charge >= 0.3 is 0 Å². The number of hydrogen-bond acceptors (Lipinski definition) is 5. The topological polar surface area (TPSA) is 75.9 Å². The van der Waals surface area contributed by atoms with Crippen molar-refractivity contribution < 1.29 is 4.79 Å². The van der Waals surface area contributed by atoms with Gasteiger partial charge in [0.25, 0.3) is 0 Å². The van der Waals surface area contributed by atoms with Crippen LogP contribution in [0.2, 0.25) is 0 Å². The van der Waals surface area contributed by atoms with E-state index in [2.05, 4.69) is 25.3 Å². The molecule has 0 aliphatic carbocycles. The highest BCUT2D eigenvalue weighted by Crippen LogP contribution is 2.24. The van der Waals surface area contributed by atoms with Crippen LogP contribution in [0.5, 0.6) is 0 Å². The van der Waals surface area contributed by atoms with Crippen LogP contribution in [0.25, 0.3) is 5.82 Å². The molecule has 3 heterocycles. The molecule has 1 amide bonds. The highest BCUT2D eigenvalue weighted by Gasteiger charge is 2.33. The van der Waals surface area contributed by atoms with Gasteiger partial charge in [-0.3, -0.25) is 4.79 Å². The van der Waals surface area contributed by atoms with E-state index in [9.17, 15) is 4.79 Å². The molecule has 7 nitrogen and oxygen atoms in total. The number of carbonyl (C=O) groups excluding carboxylic acids is 1. The summed E-state index contributed by atoms with van der Waals surface area (Å²) in [4.78, 5) is 22.8. The fourth-order valence-electron chi connectivity index (χ4n) is 2.64. The molecule has 1 aliphatic heterocycles. The molecular weight excluding hydrogens is 304 g/mol. The summed E-state index contributed by atoms with van der Waals surface area (Å²) in [6.45, 7) is 1.29. The van der Waals surface area contributed by atoms with Crippen molar-refractivity contribution >= 4 is 17.4 Å². The van der Waals surface area contributed by atoms with Crippen molar-refractivity contribution in [1.29, 1.82) is 0 Å². The van der Waals surface area contributed by atoms with Crippen LogP contribution in [-0.2, 0) is 4.79 Å². The molecule has 1 saturated heterocycles. The van der Waals surface area contributed by atoms with Crippen LogP contribution in [-0.4, -0.2) is 38.7 Å². The largest absolute Gasteiger partial charge is 0.355 e. The summed E-state index contributed by atoms with van der Waals surface area (Å²) >= 11 is 0. The number of carbonyl (C=O) groups is 1. The smallest absolute Gasteiger partial charge is 0.231 e. The van der Waals surface area contributed by atoms with Crippen molar-refractivity contribution in [3.8, 4) is 5.82 Å². The molecule has 7 heteroatoms. The number of nitrogens with zero attached hydrogens (tertiary/aromatic N) is 5. The number of para-hydroxylation sites is 1. The first-order valence-electron chi connectivity index (χ1n) is 7.72. The number of anilines is 2. The van der Waals surface area contributed by atoms with Crippen molar-refractivity contribution in [2.45, 2.75) is 0 Å². The highest BCUT2D eigenvalue weighted by molar-refractivity contribution is 5.94. The molecule has 0 atom stereocenters. The van der Waals surface area contributed by atoms with Gasteiger partial charge in [-0.25, -0.2) is 14.6 Å². The first-order valence-corrected chi connectivity index (χ1v) is 7.72. The Balaban J connectivity index is 1.39. The van der Waals surface area contributed by atoms with Gasteiger partial charge in [-0.2, -0.15) is 5.10 Å². The molecular formula is C17H16N6O. The third-order valence-corrected chi connectivity index (χ3v) is 3.99. The average molecular weight is 320 g/mol. The van der Waals surface area contributed by atoms with Crippen molar-refractivity contribution in [3.05, 3.63) is 61.2 Å². The minimum absolute atomic E-state index is 0.0340. The molecule has 24 heavy (non-hydrogen) atoms. The van der Waals surface area contributed by atoms with Crippen molar-refractivity contribution in [1.82, 2.24) is 19.7 Å². The molecule has 120 valence electrons. The average Bonchev–Trinajstić information content (AvgIpc) is 3.09. The van der Waals surface area contributed by atoms with E-state index in [4.69, 9.17) is 0 Å². The lowest BCUT2D eigenvalue weighted by molar-refractivity contribution is -0.120. The second-order valence-electron chi connectivity index (χ2n) is 5.64. The Labute approximate surface area is 139 Å². The summed E-state index contributed by atoms with van der Waals surface area (Å²) < 4.78 is 1.69. The van der Waals surface area contributed by atoms with Crippen LogP contribution in [0.3, 0.4) is 0 Å². The zero-order valence-corrected chi connectivity index (χ0v) is 12.9. The summed E-state index contributed by atoms with van der Waals surface area (Å²) in [6.07, 6.45) is 5.05. The summed E-state index contributed by atoms with van der Waals surface area (Å²) in [5, 5.41) is 7.10. The van der Waals surface area contributed by atoms with Crippen LogP contribution in [0.4, 0.5) is 11.5 Å². The van der Waals surface area contributed by atoms with Gasteiger partial charge in [0.05, 0.1) is 5.92 Å². The fraction of sp³-hybridized carbons (Fsp3) is 0.176. The standard InChI is InChI=1S/C17H16N6O/c24-17(21-14-5-2-1-3-6-14)13-10-22(11-13)15-9-16(19-12-18-15)23-8-4-7-20-23/h1-9,12-13H,10-11H2,(H,21,24). The van der Waals surface area contributed by atoms with Gasteiger partial charge in [-0.05, 0) is 18.2 Å². The molecule has 0 unspecified atom stereocenters. The van der Waals surface area contributed by atoms with Crippen LogP contribution in [0.1, 0.15) is 0 Å². The minimum atomic E-state index is -0.0340. The van der Waals surface area contributed by atoms with E-state index in [1.54, 1.807) is 10.9 Å². The fourth-order valence-corrected chi connectivity index (χ4v) is 2.64. The molecule has 3 aromatic rings. The summed E-state index contributed by atoms with van der Waals surface area (Å²) in [7, 11) is 0. The second-order valence-corrected chi connectivity index (χ2v) is 5.64. The third-order valence-electron chi connectivity index (χ3n) is 3.99. The maximum Gasteiger partial charge on any atom is 0.231 e. The van der Waals surface area contributed by atoms with Gasteiger partial charge in [0, 0.05) is 37.2 Å². The summed E-state index contributed by atoms with van der Waals surface area (Å²) in [5.41, 5.74) is 0.823. The SMILES string of the molecule is O=C(Nc1ccccc1)C1CN(c2cc(-n3cccn3)ncn2)C1. The lowest BCUT2D eigenvalue weighted by Gasteiger charge is -2.39. The Hall–Kier alpha value is -3.22. The summed E-state index contributed by atoms with van der Waals surface area (Å²) in [6, 6.07) is 13.2. The lowest BCUT2D eigenvalue weighted by Crippen LogP contribution is -2.52. The number of rotatable bonds is 4. The van der Waals surface area contributed by atoms with E-state index >= 15 is 0 Å². The van der Waals surface area contributed by atoms with E-state index in [1.807, 2.05) is 48.7 Å². The molecule has 0 radical (unpaired) electrons. The molecule has 2 aromatic heterocycles. The number of hydrogen-bond donors (Lipinski definition) is 1. The quantitative estimate of drug-likeness (QED) is 0.792. The predicted molar refractivity (Wildman–Crippen MR) is 89.9 cm³/mol. The Kier molecular flexibility index (Phi) is 3.66. The normalized spacial score (nSPS) is 14.2. The Bertz CT molecular complexity index is 827. The van der Waals surface area contributed by atoms with Crippen LogP contribution in [0, 0.1) is 5.92 Å². The Morgan fingerprint density at radius 3 is 2.62 bits per heavy atom. The second kappa shape index (κ2) is 6.11. The van der Waals surface area contributed by atoms with Gasteiger partial charge in [0.1, 0.15) is 12.1 Å². The molecule has 4 rings (SSSR count). The first kappa shape index (κ1) is 14.4. The molecule has 0 saturated carbocycles. The predicted octanol–water partition coefficient (Wildman–Crippen LogP) is 1.74. The molecule has 1 aromatic carbocycles. The Morgan fingerprint density at radius 1 is 1.08 bits per heavy atom.